The van der Waals surface area contributed by atoms with Gasteiger partial charge in [0.15, 0.2) is 0 Å². The highest BCUT2D eigenvalue weighted by molar-refractivity contribution is 6.33. The lowest BCUT2D eigenvalue weighted by molar-refractivity contribution is -0.119. The summed E-state index contributed by atoms with van der Waals surface area (Å²) < 4.78 is 5.10. The van der Waals surface area contributed by atoms with Gasteiger partial charge in [0.1, 0.15) is 5.75 Å². The van der Waals surface area contributed by atoms with Crippen molar-refractivity contribution in [3.05, 3.63) is 23.2 Å². The molecule has 0 saturated heterocycles. The second kappa shape index (κ2) is 7.82. The van der Waals surface area contributed by atoms with Crippen LogP contribution in [-0.2, 0) is 4.79 Å². The van der Waals surface area contributed by atoms with Crippen molar-refractivity contribution in [1.29, 1.82) is 0 Å². The third-order valence-corrected chi connectivity index (χ3v) is 2.80. The summed E-state index contributed by atoms with van der Waals surface area (Å²) in [6, 6.07) is 5.27. The first-order valence-corrected chi connectivity index (χ1v) is 6.39. The fourth-order valence-corrected chi connectivity index (χ4v) is 1.59. The van der Waals surface area contributed by atoms with E-state index in [1.807, 2.05) is 0 Å². The maximum absolute atomic E-state index is 11.5. The summed E-state index contributed by atoms with van der Waals surface area (Å²) >= 11 is 6.01. The Bertz CT molecular complexity index is 397. The molecule has 0 heterocycles. The van der Waals surface area contributed by atoms with Crippen molar-refractivity contribution in [2.24, 2.45) is 0 Å². The normalized spacial score (nSPS) is 9.94. The van der Waals surface area contributed by atoms with Crippen LogP contribution in [0.4, 0.5) is 5.69 Å². The SMILES string of the molecule is CCCCNC(=O)CNc1cc(OC)ccc1Cl. The van der Waals surface area contributed by atoms with Crippen molar-refractivity contribution < 1.29 is 9.53 Å². The van der Waals surface area contributed by atoms with Gasteiger partial charge in [-0.2, -0.15) is 0 Å². The van der Waals surface area contributed by atoms with Crippen LogP contribution in [0.2, 0.25) is 5.02 Å². The maximum Gasteiger partial charge on any atom is 0.239 e. The monoisotopic (exact) mass is 270 g/mol. The average Bonchev–Trinajstić information content (AvgIpc) is 2.38. The predicted molar refractivity (Wildman–Crippen MR) is 74.4 cm³/mol. The van der Waals surface area contributed by atoms with E-state index in [2.05, 4.69) is 17.6 Å². The molecule has 5 heteroatoms. The first kappa shape index (κ1) is 14.6. The summed E-state index contributed by atoms with van der Waals surface area (Å²) in [5.41, 5.74) is 0.696. The Hall–Kier alpha value is -1.42. The van der Waals surface area contributed by atoms with Crippen molar-refractivity contribution in [3.8, 4) is 5.75 Å². The molecule has 0 radical (unpaired) electrons. The van der Waals surface area contributed by atoms with Crippen LogP contribution in [0.15, 0.2) is 18.2 Å². The summed E-state index contributed by atoms with van der Waals surface area (Å²) in [5.74, 6) is 0.663. The highest BCUT2D eigenvalue weighted by Gasteiger charge is 2.04. The smallest absolute Gasteiger partial charge is 0.239 e. The zero-order valence-corrected chi connectivity index (χ0v) is 11.5. The highest BCUT2D eigenvalue weighted by Crippen LogP contribution is 2.26. The van der Waals surface area contributed by atoms with Crippen molar-refractivity contribution in [2.75, 3.05) is 25.5 Å². The number of ether oxygens (including phenoxy) is 1. The molecule has 0 spiro atoms. The molecule has 0 fully saturated rings. The standard InChI is InChI=1S/C13H19ClN2O2/c1-3-4-7-15-13(17)9-16-12-8-10(18-2)5-6-11(12)14/h5-6,8,16H,3-4,7,9H2,1-2H3,(H,15,17). The zero-order chi connectivity index (χ0) is 13.4. The quantitative estimate of drug-likeness (QED) is 0.749. The molecule has 0 aliphatic carbocycles. The lowest BCUT2D eigenvalue weighted by atomic mass is 10.3. The van der Waals surface area contributed by atoms with Gasteiger partial charge in [-0.1, -0.05) is 24.9 Å². The lowest BCUT2D eigenvalue weighted by Crippen LogP contribution is -2.30. The molecular formula is C13H19ClN2O2. The molecule has 1 aromatic carbocycles. The van der Waals surface area contributed by atoms with Crippen molar-refractivity contribution in [1.82, 2.24) is 5.32 Å². The number of methoxy groups -OCH3 is 1. The minimum absolute atomic E-state index is 0.0395. The summed E-state index contributed by atoms with van der Waals surface area (Å²) in [6.45, 7) is 3.00. The molecule has 1 amide bonds. The van der Waals surface area contributed by atoms with Crippen LogP contribution in [0, 0.1) is 0 Å². The molecule has 2 N–H and O–H groups in total. The van der Waals surface area contributed by atoms with Gasteiger partial charge in [0.25, 0.3) is 0 Å². The molecule has 4 nitrogen and oxygen atoms in total. The molecule has 0 aliphatic heterocycles. The van der Waals surface area contributed by atoms with Crippen molar-refractivity contribution in [2.45, 2.75) is 19.8 Å². The number of hydrogen-bond donors (Lipinski definition) is 2. The summed E-state index contributed by atoms with van der Waals surface area (Å²) in [7, 11) is 1.59. The van der Waals surface area contributed by atoms with Gasteiger partial charge in [-0.05, 0) is 18.6 Å². The number of carbonyl (C=O) groups excluding carboxylic acids is 1. The van der Waals surface area contributed by atoms with Crippen LogP contribution in [0.25, 0.3) is 0 Å². The number of rotatable bonds is 7. The largest absolute Gasteiger partial charge is 0.497 e. The van der Waals surface area contributed by atoms with Gasteiger partial charge in [0.05, 0.1) is 24.4 Å². The first-order chi connectivity index (χ1) is 8.67. The van der Waals surface area contributed by atoms with Crippen LogP contribution in [0.1, 0.15) is 19.8 Å². The van der Waals surface area contributed by atoms with Gasteiger partial charge in [-0.25, -0.2) is 0 Å². The van der Waals surface area contributed by atoms with Crippen LogP contribution in [-0.4, -0.2) is 26.1 Å². The minimum Gasteiger partial charge on any atom is -0.497 e. The average molecular weight is 271 g/mol. The van der Waals surface area contributed by atoms with Gasteiger partial charge >= 0.3 is 0 Å². The van der Waals surface area contributed by atoms with E-state index in [1.165, 1.54) is 0 Å². The molecule has 100 valence electrons. The molecule has 0 bridgehead atoms. The Kier molecular flexibility index (Phi) is 6.36. The second-order valence-corrected chi connectivity index (χ2v) is 4.31. The number of hydrogen-bond acceptors (Lipinski definition) is 3. The molecule has 0 saturated carbocycles. The van der Waals surface area contributed by atoms with E-state index in [0.717, 1.165) is 12.8 Å². The second-order valence-electron chi connectivity index (χ2n) is 3.90. The Labute approximate surface area is 113 Å². The van der Waals surface area contributed by atoms with Gasteiger partial charge < -0.3 is 15.4 Å². The molecule has 0 aromatic heterocycles. The third kappa shape index (κ3) is 4.84. The number of carbonyl (C=O) groups is 1. The van der Waals surface area contributed by atoms with Crippen molar-refractivity contribution in [3.63, 3.8) is 0 Å². The first-order valence-electron chi connectivity index (χ1n) is 6.01. The van der Waals surface area contributed by atoms with Crippen molar-refractivity contribution >= 4 is 23.2 Å². The van der Waals surface area contributed by atoms with E-state index < -0.39 is 0 Å². The number of unbranched alkanes of at least 4 members (excludes halogenated alkanes) is 1. The predicted octanol–water partition coefficient (Wildman–Crippen LogP) is 2.68. The van der Waals surface area contributed by atoms with Crippen LogP contribution in [0.3, 0.4) is 0 Å². The molecule has 18 heavy (non-hydrogen) atoms. The van der Waals surface area contributed by atoms with Crippen LogP contribution in [0.5, 0.6) is 5.75 Å². The minimum atomic E-state index is -0.0395. The molecule has 0 aliphatic rings. The number of anilines is 1. The highest BCUT2D eigenvalue weighted by atomic mass is 35.5. The topological polar surface area (TPSA) is 50.4 Å². The number of halogens is 1. The van der Waals surface area contributed by atoms with E-state index >= 15 is 0 Å². The lowest BCUT2D eigenvalue weighted by Gasteiger charge is -2.10. The number of nitrogens with one attached hydrogen (secondary N) is 2. The van der Waals surface area contributed by atoms with Crippen LogP contribution < -0.4 is 15.4 Å². The Balaban J connectivity index is 2.45. The fourth-order valence-electron chi connectivity index (χ4n) is 1.41. The van der Waals surface area contributed by atoms with Crippen LogP contribution >= 0.6 is 11.6 Å². The maximum atomic E-state index is 11.5. The summed E-state index contributed by atoms with van der Waals surface area (Å²) in [5, 5.41) is 6.38. The molecular weight excluding hydrogens is 252 g/mol. The molecule has 1 aromatic rings. The zero-order valence-electron chi connectivity index (χ0n) is 10.8. The van der Waals surface area contributed by atoms with E-state index in [4.69, 9.17) is 16.3 Å². The van der Waals surface area contributed by atoms with E-state index in [9.17, 15) is 4.79 Å². The number of amides is 1. The summed E-state index contributed by atoms with van der Waals surface area (Å²) in [4.78, 5) is 11.5. The number of benzene rings is 1. The van der Waals surface area contributed by atoms with E-state index in [1.54, 1.807) is 25.3 Å². The van der Waals surface area contributed by atoms with Gasteiger partial charge in [0.2, 0.25) is 5.91 Å². The fraction of sp³-hybridized carbons (Fsp3) is 0.462. The molecule has 0 unspecified atom stereocenters. The van der Waals surface area contributed by atoms with Gasteiger partial charge in [-0.15, -0.1) is 0 Å². The van der Waals surface area contributed by atoms with E-state index in [0.29, 0.717) is 23.0 Å². The van der Waals surface area contributed by atoms with Gasteiger partial charge in [0, 0.05) is 12.6 Å². The summed E-state index contributed by atoms with van der Waals surface area (Å²) in [6.07, 6.45) is 2.06. The van der Waals surface area contributed by atoms with E-state index in [-0.39, 0.29) is 12.5 Å². The van der Waals surface area contributed by atoms with Gasteiger partial charge in [-0.3, -0.25) is 4.79 Å². The Morgan fingerprint density at radius 3 is 2.89 bits per heavy atom. The third-order valence-electron chi connectivity index (χ3n) is 2.47. The molecule has 0 atom stereocenters. The Morgan fingerprint density at radius 2 is 2.22 bits per heavy atom. The molecule has 1 rings (SSSR count). The Morgan fingerprint density at radius 1 is 1.44 bits per heavy atom.